The fraction of sp³-hybridized carbons (Fsp3) is 0.308. The first-order valence-electron chi connectivity index (χ1n) is 5.87. The van der Waals surface area contributed by atoms with Crippen molar-refractivity contribution in [3.63, 3.8) is 0 Å². The Labute approximate surface area is 115 Å². The zero-order chi connectivity index (χ0) is 13.8. The standard InChI is InChI=1S/C13H13ClN2O3/c1-3-11(18-8(2)17)12-15-13(19-16-12)9-5-4-6-10(14)7-9/h4-7,11H,3H2,1-2H3. The number of ether oxygens (including phenoxy) is 1. The van der Waals surface area contributed by atoms with Gasteiger partial charge < -0.3 is 9.26 Å². The molecule has 1 atom stereocenters. The van der Waals surface area contributed by atoms with E-state index in [1.54, 1.807) is 18.2 Å². The van der Waals surface area contributed by atoms with Crippen molar-refractivity contribution in [2.75, 3.05) is 0 Å². The highest BCUT2D eigenvalue weighted by Crippen LogP contribution is 2.24. The maximum absolute atomic E-state index is 11.0. The van der Waals surface area contributed by atoms with Gasteiger partial charge in [-0.3, -0.25) is 4.79 Å². The van der Waals surface area contributed by atoms with Crippen LogP contribution in [0, 0.1) is 0 Å². The average molecular weight is 281 g/mol. The molecular weight excluding hydrogens is 268 g/mol. The van der Waals surface area contributed by atoms with Crippen LogP contribution in [0.2, 0.25) is 5.02 Å². The molecule has 0 amide bonds. The predicted molar refractivity (Wildman–Crippen MR) is 69.5 cm³/mol. The molecule has 100 valence electrons. The normalized spacial score (nSPS) is 12.2. The molecule has 0 aliphatic rings. The number of halogens is 1. The van der Waals surface area contributed by atoms with Gasteiger partial charge in [0.05, 0.1) is 0 Å². The molecular formula is C13H13ClN2O3. The first-order chi connectivity index (χ1) is 9.10. The number of carbonyl (C=O) groups excluding carboxylic acids is 1. The topological polar surface area (TPSA) is 65.2 Å². The molecule has 0 N–H and O–H groups in total. The van der Waals surface area contributed by atoms with Crippen molar-refractivity contribution in [3.8, 4) is 11.5 Å². The smallest absolute Gasteiger partial charge is 0.303 e. The molecule has 1 aromatic carbocycles. The van der Waals surface area contributed by atoms with Gasteiger partial charge in [0.25, 0.3) is 5.89 Å². The lowest BCUT2D eigenvalue weighted by Crippen LogP contribution is -2.09. The van der Waals surface area contributed by atoms with Gasteiger partial charge in [0.15, 0.2) is 6.10 Å². The third-order valence-corrected chi connectivity index (χ3v) is 2.72. The number of aromatic nitrogens is 2. The van der Waals surface area contributed by atoms with Crippen LogP contribution in [-0.2, 0) is 9.53 Å². The van der Waals surface area contributed by atoms with Crippen LogP contribution >= 0.6 is 11.6 Å². The molecule has 0 fully saturated rings. The van der Waals surface area contributed by atoms with Crippen LogP contribution in [0.1, 0.15) is 32.2 Å². The van der Waals surface area contributed by atoms with Crippen LogP contribution in [0.5, 0.6) is 0 Å². The van der Waals surface area contributed by atoms with Gasteiger partial charge in [-0.2, -0.15) is 4.98 Å². The Hall–Kier alpha value is -1.88. The molecule has 2 rings (SSSR count). The molecule has 0 spiro atoms. The Morgan fingerprint density at radius 1 is 1.53 bits per heavy atom. The number of hydrogen-bond donors (Lipinski definition) is 0. The van der Waals surface area contributed by atoms with Crippen molar-refractivity contribution in [2.24, 2.45) is 0 Å². The van der Waals surface area contributed by atoms with E-state index in [9.17, 15) is 4.79 Å². The van der Waals surface area contributed by atoms with Crippen LogP contribution < -0.4 is 0 Å². The lowest BCUT2D eigenvalue weighted by molar-refractivity contribution is -0.147. The quantitative estimate of drug-likeness (QED) is 0.803. The van der Waals surface area contributed by atoms with Crippen molar-refractivity contribution in [1.82, 2.24) is 10.1 Å². The summed E-state index contributed by atoms with van der Waals surface area (Å²) < 4.78 is 10.3. The van der Waals surface area contributed by atoms with Crippen LogP contribution in [0.25, 0.3) is 11.5 Å². The number of carbonyl (C=O) groups is 1. The molecule has 6 heteroatoms. The Morgan fingerprint density at radius 3 is 2.95 bits per heavy atom. The zero-order valence-corrected chi connectivity index (χ0v) is 11.3. The second-order valence-corrected chi connectivity index (χ2v) is 4.41. The van der Waals surface area contributed by atoms with Crippen molar-refractivity contribution in [3.05, 3.63) is 35.1 Å². The molecule has 0 aliphatic carbocycles. The number of hydrogen-bond acceptors (Lipinski definition) is 5. The second-order valence-electron chi connectivity index (χ2n) is 3.97. The van der Waals surface area contributed by atoms with E-state index in [1.807, 2.05) is 13.0 Å². The zero-order valence-electron chi connectivity index (χ0n) is 10.6. The summed E-state index contributed by atoms with van der Waals surface area (Å²) in [5.41, 5.74) is 0.726. The van der Waals surface area contributed by atoms with Gasteiger partial charge in [-0.05, 0) is 24.6 Å². The second kappa shape index (κ2) is 5.84. The maximum atomic E-state index is 11.0. The van der Waals surface area contributed by atoms with E-state index in [-0.39, 0.29) is 5.97 Å². The summed E-state index contributed by atoms with van der Waals surface area (Å²) in [5.74, 6) is 0.330. The SMILES string of the molecule is CCC(OC(C)=O)c1noc(-c2cccc(Cl)c2)n1. The molecule has 1 heterocycles. The number of nitrogens with zero attached hydrogens (tertiary/aromatic N) is 2. The lowest BCUT2D eigenvalue weighted by atomic mass is 10.2. The van der Waals surface area contributed by atoms with E-state index in [1.165, 1.54) is 6.92 Å². The number of rotatable bonds is 4. The van der Waals surface area contributed by atoms with Crippen LogP contribution in [0.3, 0.4) is 0 Å². The maximum Gasteiger partial charge on any atom is 0.303 e. The van der Waals surface area contributed by atoms with Crippen molar-refractivity contribution in [1.29, 1.82) is 0 Å². The molecule has 5 nitrogen and oxygen atoms in total. The molecule has 0 saturated heterocycles. The summed E-state index contributed by atoms with van der Waals surface area (Å²) in [5, 5.41) is 4.43. The highest BCUT2D eigenvalue weighted by Gasteiger charge is 2.20. The van der Waals surface area contributed by atoms with Gasteiger partial charge in [-0.25, -0.2) is 0 Å². The fourth-order valence-corrected chi connectivity index (χ4v) is 1.81. The average Bonchev–Trinajstić information content (AvgIpc) is 2.85. The summed E-state index contributed by atoms with van der Waals surface area (Å²) in [6.07, 6.45) is 0.0860. The first kappa shape index (κ1) is 13.5. The predicted octanol–water partition coefficient (Wildman–Crippen LogP) is 3.40. The molecule has 0 bridgehead atoms. The lowest BCUT2D eigenvalue weighted by Gasteiger charge is -2.09. The third kappa shape index (κ3) is 3.32. The third-order valence-electron chi connectivity index (χ3n) is 2.48. The summed E-state index contributed by atoms with van der Waals surface area (Å²) >= 11 is 5.90. The number of benzene rings is 1. The molecule has 19 heavy (non-hydrogen) atoms. The van der Waals surface area contributed by atoms with Gasteiger partial charge in [-0.1, -0.05) is 29.7 Å². The van der Waals surface area contributed by atoms with Gasteiger partial charge in [0.2, 0.25) is 5.82 Å². The monoisotopic (exact) mass is 280 g/mol. The van der Waals surface area contributed by atoms with E-state index >= 15 is 0 Å². The Morgan fingerprint density at radius 2 is 2.32 bits per heavy atom. The van der Waals surface area contributed by atoms with E-state index in [2.05, 4.69) is 10.1 Å². The summed E-state index contributed by atoms with van der Waals surface area (Å²) in [6, 6.07) is 7.10. The van der Waals surface area contributed by atoms with Gasteiger partial charge in [0.1, 0.15) is 0 Å². The Bertz CT molecular complexity index is 583. The molecule has 0 saturated carbocycles. The van der Waals surface area contributed by atoms with E-state index in [0.29, 0.717) is 23.2 Å². The number of esters is 1. The van der Waals surface area contributed by atoms with E-state index in [0.717, 1.165) is 5.56 Å². The van der Waals surface area contributed by atoms with Gasteiger partial charge in [0, 0.05) is 17.5 Å². The summed E-state index contributed by atoms with van der Waals surface area (Å²) in [6.45, 7) is 3.23. The summed E-state index contributed by atoms with van der Waals surface area (Å²) in [7, 11) is 0. The minimum atomic E-state index is -0.491. The molecule has 1 aromatic heterocycles. The van der Waals surface area contributed by atoms with Gasteiger partial charge >= 0.3 is 5.97 Å². The Kier molecular flexibility index (Phi) is 4.16. The molecule has 2 aromatic rings. The minimum Gasteiger partial charge on any atom is -0.454 e. The minimum absolute atomic E-state index is 0.350. The van der Waals surface area contributed by atoms with Crippen molar-refractivity contribution in [2.45, 2.75) is 26.4 Å². The van der Waals surface area contributed by atoms with Crippen LogP contribution in [0.4, 0.5) is 0 Å². The largest absolute Gasteiger partial charge is 0.454 e. The molecule has 1 unspecified atom stereocenters. The molecule has 0 radical (unpaired) electrons. The fourth-order valence-electron chi connectivity index (χ4n) is 1.62. The van der Waals surface area contributed by atoms with Crippen molar-refractivity contribution < 1.29 is 14.1 Å². The highest BCUT2D eigenvalue weighted by atomic mass is 35.5. The van der Waals surface area contributed by atoms with E-state index in [4.69, 9.17) is 20.9 Å². The van der Waals surface area contributed by atoms with Crippen LogP contribution in [0.15, 0.2) is 28.8 Å². The molecule has 0 aliphatic heterocycles. The van der Waals surface area contributed by atoms with Crippen LogP contribution in [-0.4, -0.2) is 16.1 Å². The van der Waals surface area contributed by atoms with Gasteiger partial charge in [-0.15, -0.1) is 0 Å². The summed E-state index contributed by atoms with van der Waals surface area (Å²) in [4.78, 5) is 15.2. The highest BCUT2D eigenvalue weighted by molar-refractivity contribution is 6.30. The first-order valence-corrected chi connectivity index (χ1v) is 6.24. The van der Waals surface area contributed by atoms with E-state index < -0.39 is 6.10 Å². The van der Waals surface area contributed by atoms with Crippen molar-refractivity contribution >= 4 is 17.6 Å². The Balaban J connectivity index is 2.25.